The molecule has 1 aromatic carbocycles. The fourth-order valence-electron chi connectivity index (χ4n) is 2.49. The molecule has 0 atom stereocenters. The van der Waals surface area contributed by atoms with Crippen molar-refractivity contribution in [1.29, 1.82) is 0 Å². The van der Waals surface area contributed by atoms with Crippen LogP contribution in [0.15, 0.2) is 18.2 Å². The van der Waals surface area contributed by atoms with E-state index in [-0.39, 0.29) is 0 Å². The van der Waals surface area contributed by atoms with Crippen LogP contribution < -0.4 is 0 Å². The lowest BCUT2D eigenvalue weighted by molar-refractivity contribution is 0.309. The third kappa shape index (κ3) is 3.32. The summed E-state index contributed by atoms with van der Waals surface area (Å²) in [6, 6.07) is 3.55. The molecule has 0 heterocycles. The molecule has 1 aliphatic rings. The normalized spacial score (nSPS) is 23.3. The zero-order valence-electron chi connectivity index (χ0n) is 10.7. The van der Waals surface area contributed by atoms with E-state index >= 15 is 0 Å². The Hall–Kier alpha value is -1.36. The van der Waals surface area contributed by atoms with E-state index in [1.807, 2.05) is 0 Å². The molecule has 18 heavy (non-hydrogen) atoms. The first-order valence-corrected chi connectivity index (χ1v) is 6.65. The number of benzene rings is 1. The monoisotopic (exact) mass is 248 g/mol. The molecule has 2 rings (SSSR count). The van der Waals surface area contributed by atoms with E-state index in [1.54, 1.807) is 0 Å². The van der Waals surface area contributed by atoms with Gasteiger partial charge in [-0.1, -0.05) is 25.2 Å². The van der Waals surface area contributed by atoms with Gasteiger partial charge >= 0.3 is 0 Å². The van der Waals surface area contributed by atoms with Gasteiger partial charge in [0, 0.05) is 12.0 Å². The van der Waals surface area contributed by atoms with E-state index in [2.05, 4.69) is 18.8 Å². The molecule has 1 fully saturated rings. The van der Waals surface area contributed by atoms with Crippen LogP contribution in [0.2, 0.25) is 0 Å². The van der Waals surface area contributed by atoms with Crippen molar-refractivity contribution in [3.05, 3.63) is 35.4 Å². The van der Waals surface area contributed by atoms with Crippen molar-refractivity contribution in [2.75, 3.05) is 0 Å². The van der Waals surface area contributed by atoms with Crippen LogP contribution in [0.3, 0.4) is 0 Å². The minimum atomic E-state index is -0.565. The van der Waals surface area contributed by atoms with Crippen LogP contribution in [0.25, 0.3) is 0 Å². The Labute approximate surface area is 107 Å². The fraction of sp³-hybridized carbons (Fsp3) is 0.500. The highest BCUT2D eigenvalue weighted by Gasteiger charge is 2.18. The number of hydrogen-bond acceptors (Lipinski definition) is 0. The smallest absolute Gasteiger partial charge is 0.141 e. The van der Waals surface area contributed by atoms with Crippen LogP contribution in [0.4, 0.5) is 8.78 Å². The Balaban J connectivity index is 2.00. The summed E-state index contributed by atoms with van der Waals surface area (Å²) in [5.41, 5.74) is 0.300. The average molecular weight is 248 g/mol. The first-order chi connectivity index (χ1) is 8.69. The topological polar surface area (TPSA) is 0 Å². The summed E-state index contributed by atoms with van der Waals surface area (Å²) >= 11 is 0. The first kappa shape index (κ1) is 13.1. The molecule has 1 saturated carbocycles. The van der Waals surface area contributed by atoms with Gasteiger partial charge in [-0.2, -0.15) is 0 Å². The largest absolute Gasteiger partial charge is 0.207 e. The Morgan fingerprint density at radius 3 is 2.50 bits per heavy atom. The summed E-state index contributed by atoms with van der Waals surface area (Å²) in [6.07, 6.45) is 5.90. The van der Waals surface area contributed by atoms with Gasteiger partial charge in [0.05, 0.1) is 5.56 Å². The molecule has 0 unspecified atom stereocenters. The molecule has 2 heteroatoms. The second-order valence-corrected chi connectivity index (χ2v) is 5.02. The highest BCUT2D eigenvalue weighted by molar-refractivity contribution is 5.36. The van der Waals surface area contributed by atoms with Crippen LogP contribution in [0.1, 0.15) is 44.6 Å². The average Bonchev–Trinajstić information content (AvgIpc) is 2.38. The third-order valence-corrected chi connectivity index (χ3v) is 3.77. The molecule has 96 valence electrons. The van der Waals surface area contributed by atoms with Crippen LogP contribution in [-0.4, -0.2) is 0 Å². The molecule has 0 aliphatic heterocycles. The van der Waals surface area contributed by atoms with Gasteiger partial charge < -0.3 is 0 Å². The predicted octanol–water partition coefficient (Wildman–Crippen LogP) is 4.53. The molecular formula is C16H18F2. The highest BCUT2D eigenvalue weighted by Crippen LogP contribution is 2.30. The zero-order chi connectivity index (χ0) is 13.0. The molecular weight excluding hydrogens is 230 g/mol. The third-order valence-electron chi connectivity index (χ3n) is 3.77. The molecule has 0 saturated heterocycles. The van der Waals surface area contributed by atoms with Gasteiger partial charge in [-0.05, 0) is 43.7 Å². The van der Waals surface area contributed by atoms with Gasteiger partial charge in [0.15, 0.2) is 0 Å². The van der Waals surface area contributed by atoms with E-state index in [1.165, 1.54) is 31.4 Å². The van der Waals surface area contributed by atoms with Gasteiger partial charge in [0.2, 0.25) is 0 Å². The van der Waals surface area contributed by atoms with Crippen molar-refractivity contribution in [2.24, 2.45) is 11.8 Å². The number of rotatable bonds is 1. The molecule has 0 radical (unpaired) electrons. The van der Waals surface area contributed by atoms with Gasteiger partial charge in [-0.3, -0.25) is 0 Å². The Kier molecular flexibility index (Phi) is 4.36. The van der Waals surface area contributed by atoms with Crippen LogP contribution in [0.5, 0.6) is 0 Å². The second kappa shape index (κ2) is 6.00. The predicted molar refractivity (Wildman–Crippen MR) is 69.0 cm³/mol. The fourth-order valence-corrected chi connectivity index (χ4v) is 2.49. The van der Waals surface area contributed by atoms with Crippen molar-refractivity contribution < 1.29 is 8.78 Å². The molecule has 1 aliphatic carbocycles. The van der Waals surface area contributed by atoms with Crippen LogP contribution in [-0.2, 0) is 0 Å². The summed E-state index contributed by atoms with van der Waals surface area (Å²) in [5.74, 6) is 6.07. The van der Waals surface area contributed by atoms with Gasteiger partial charge in [-0.25, -0.2) is 8.78 Å². The second-order valence-electron chi connectivity index (χ2n) is 5.02. The van der Waals surface area contributed by atoms with Crippen molar-refractivity contribution in [1.82, 2.24) is 0 Å². The highest BCUT2D eigenvalue weighted by atomic mass is 19.1. The van der Waals surface area contributed by atoms with E-state index in [4.69, 9.17) is 0 Å². The maximum Gasteiger partial charge on any atom is 0.141 e. The quantitative estimate of drug-likeness (QED) is 0.640. The lowest BCUT2D eigenvalue weighted by Crippen LogP contribution is -2.12. The minimum Gasteiger partial charge on any atom is -0.207 e. The van der Waals surface area contributed by atoms with Gasteiger partial charge in [0.25, 0.3) is 0 Å². The molecule has 1 aromatic rings. The minimum absolute atomic E-state index is 0.300. The number of hydrogen-bond donors (Lipinski definition) is 0. The number of halogens is 2. The van der Waals surface area contributed by atoms with Crippen molar-refractivity contribution in [2.45, 2.75) is 39.0 Å². The Bertz CT molecular complexity index is 460. The summed E-state index contributed by atoms with van der Waals surface area (Å²) in [5, 5.41) is 0. The maximum absolute atomic E-state index is 13.4. The van der Waals surface area contributed by atoms with Crippen molar-refractivity contribution in [3.63, 3.8) is 0 Å². The summed E-state index contributed by atoms with van der Waals surface area (Å²) < 4.78 is 26.1. The van der Waals surface area contributed by atoms with Gasteiger partial charge in [0.1, 0.15) is 11.6 Å². The van der Waals surface area contributed by atoms with Crippen molar-refractivity contribution >= 4 is 0 Å². The lowest BCUT2D eigenvalue weighted by atomic mass is 9.81. The Morgan fingerprint density at radius 1 is 1.17 bits per heavy atom. The van der Waals surface area contributed by atoms with E-state index in [0.29, 0.717) is 11.5 Å². The van der Waals surface area contributed by atoms with Crippen molar-refractivity contribution in [3.8, 4) is 11.8 Å². The lowest BCUT2D eigenvalue weighted by Gasteiger charge is -2.24. The van der Waals surface area contributed by atoms with E-state index in [0.717, 1.165) is 24.8 Å². The van der Waals surface area contributed by atoms with E-state index < -0.39 is 11.6 Å². The molecule has 0 bridgehead atoms. The molecule has 0 aromatic heterocycles. The van der Waals surface area contributed by atoms with E-state index in [9.17, 15) is 8.78 Å². The maximum atomic E-state index is 13.4. The molecule has 0 nitrogen and oxygen atoms in total. The first-order valence-electron chi connectivity index (χ1n) is 6.65. The molecule has 0 N–H and O–H groups in total. The van der Waals surface area contributed by atoms with Crippen LogP contribution >= 0.6 is 0 Å². The molecule has 0 spiro atoms. The molecule has 0 amide bonds. The standard InChI is InChI=1S/C16H18F2/c1-2-12-3-5-13(6-4-12)7-8-14-9-10-15(17)11-16(14)18/h9-13H,2-6H2,1H3. The SMILES string of the molecule is CCC1CCC(C#Cc2ccc(F)cc2F)CC1. The summed E-state index contributed by atoms with van der Waals surface area (Å²) in [6.45, 7) is 2.23. The summed E-state index contributed by atoms with van der Waals surface area (Å²) in [4.78, 5) is 0. The van der Waals surface area contributed by atoms with Gasteiger partial charge in [-0.15, -0.1) is 0 Å². The Morgan fingerprint density at radius 2 is 1.89 bits per heavy atom. The zero-order valence-corrected chi connectivity index (χ0v) is 10.7. The van der Waals surface area contributed by atoms with Crippen LogP contribution in [0, 0.1) is 35.3 Å². The summed E-state index contributed by atoms with van der Waals surface area (Å²) in [7, 11) is 0.